The van der Waals surface area contributed by atoms with Gasteiger partial charge in [0.2, 0.25) is 5.91 Å². The molecule has 2 aromatic heterocycles. The Morgan fingerprint density at radius 2 is 1.88 bits per heavy atom. The minimum absolute atomic E-state index is 0.0883. The molecule has 11 heteroatoms. The summed E-state index contributed by atoms with van der Waals surface area (Å²) in [5.74, 6) is 0.448. The number of amides is 2. The number of hydrogen-bond acceptors (Lipinski definition) is 7. The second-order valence-electron chi connectivity index (χ2n) is 7.11. The fourth-order valence-corrected chi connectivity index (χ4v) is 3.35. The number of nitrogens with one attached hydrogen (secondary N) is 2. The molecule has 170 valence electrons. The van der Waals surface area contributed by atoms with Crippen LogP contribution in [0.5, 0.6) is 5.75 Å². The van der Waals surface area contributed by atoms with Crippen LogP contribution in [0.2, 0.25) is 0 Å². The zero-order valence-corrected chi connectivity index (χ0v) is 20.3. The summed E-state index contributed by atoms with van der Waals surface area (Å²) in [5.41, 5.74) is 2.98. The molecule has 3 aromatic rings. The largest absolute Gasteiger partial charge is 0.497 e. The van der Waals surface area contributed by atoms with E-state index in [0.29, 0.717) is 31.8 Å². The molecule has 0 aliphatic rings. The molecular formula is C21H25IN6O4. The SMILES string of the molecule is COc1ccc(CCC(=O)NCCNC(=O)c2nc(Cn3nc(C)c(I)c3C)no2)cc1. The monoisotopic (exact) mass is 552 g/mol. The molecule has 32 heavy (non-hydrogen) atoms. The molecule has 1 aromatic carbocycles. The molecule has 0 saturated heterocycles. The van der Waals surface area contributed by atoms with Crippen LogP contribution in [0.3, 0.4) is 0 Å². The van der Waals surface area contributed by atoms with Crippen molar-refractivity contribution in [3.05, 3.63) is 56.5 Å². The summed E-state index contributed by atoms with van der Waals surface area (Å²) >= 11 is 2.24. The summed E-state index contributed by atoms with van der Waals surface area (Å²) in [7, 11) is 1.61. The van der Waals surface area contributed by atoms with Crippen LogP contribution in [0.4, 0.5) is 0 Å². The number of ether oxygens (including phenoxy) is 1. The molecule has 0 aliphatic heterocycles. The minimum atomic E-state index is -0.487. The molecular weight excluding hydrogens is 527 g/mol. The fourth-order valence-electron chi connectivity index (χ4n) is 2.97. The van der Waals surface area contributed by atoms with E-state index in [1.54, 1.807) is 11.8 Å². The first kappa shape index (κ1) is 23.7. The number of nitrogens with zero attached hydrogens (tertiary/aromatic N) is 4. The Balaban J connectivity index is 1.37. The smallest absolute Gasteiger partial charge is 0.316 e. The molecule has 0 bridgehead atoms. The maximum atomic E-state index is 12.2. The van der Waals surface area contributed by atoms with Crippen molar-refractivity contribution in [2.24, 2.45) is 0 Å². The number of methoxy groups -OCH3 is 1. The standard InChI is InChI=1S/C21H25IN6O4/c1-13-19(22)14(2)28(26-13)12-17-25-21(32-27-17)20(30)24-11-10-23-18(29)9-6-15-4-7-16(31-3)8-5-15/h4-5,7-8H,6,9-12H2,1-3H3,(H,23,29)(H,24,30). The third-order valence-corrected chi connectivity index (χ3v) is 6.34. The molecule has 0 aliphatic carbocycles. The molecule has 10 nitrogen and oxygen atoms in total. The summed E-state index contributed by atoms with van der Waals surface area (Å²) in [6.45, 7) is 4.76. The Morgan fingerprint density at radius 3 is 2.53 bits per heavy atom. The van der Waals surface area contributed by atoms with E-state index >= 15 is 0 Å². The zero-order valence-electron chi connectivity index (χ0n) is 18.1. The van der Waals surface area contributed by atoms with Gasteiger partial charge in [-0.3, -0.25) is 14.3 Å². The normalized spacial score (nSPS) is 10.8. The highest BCUT2D eigenvalue weighted by molar-refractivity contribution is 14.1. The fraction of sp³-hybridized carbons (Fsp3) is 0.381. The molecule has 2 N–H and O–H groups in total. The molecule has 3 rings (SSSR count). The molecule has 0 atom stereocenters. The summed E-state index contributed by atoms with van der Waals surface area (Å²) in [5, 5.41) is 13.7. The second kappa shape index (κ2) is 11.1. The van der Waals surface area contributed by atoms with Crippen LogP contribution < -0.4 is 15.4 Å². The third kappa shape index (κ3) is 6.28. The average molecular weight is 552 g/mol. The zero-order chi connectivity index (χ0) is 23.1. The molecule has 0 spiro atoms. The van der Waals surface area contributed by atoms with E-state index in [0.717, 1.165) is 26.3 Å². The number of rotatable bonds is 10. The van der Waals surface area contributed by atoms with E-state index in [1.165, 1.54) is 0 Å². The van der Waals surface area contributed by atoms with Gasteiger partial charge in [-0.2, -0.15) is 10.1 Å². The van der Waals surface area contributed by atoms with Crippen LogP contribution in [0, 0.1) is 17.4 Å². The highest BCUT2D eigenvalue weighted by Crippen LogP contribution is 2.16. The minimum Gasteiger partial charge on any atom is -0.497 e. The van der Waals surface area contributed by atoms with Gasteiger partial charge in [0.25, 0.3) is 0 Å². The van der Waals surface area contributed by atoms with Crippen molar-refractivity contribution in [1.29, 1.82) is 0 Å². The number of benzene rings is 1. The van der Waals surface area contributed by atoms with Crippen molar-refractivity contribution in [1.82, 2.24) is 30.6 Å². The van der Waals surface area contributed by atoms with Crippen LogP contribution in [0.1, 0.15) is 39.9 Å². The number of hydrogen-bond donors (Lipinski definition) is 2. The average Bonchev–Trinajstić information content (AvgIpc) is 3.36. The van der Waals surface area contributed by atoms with Gasteiger partial charge in [-0.1, -0.05) is 17.3 Å². The molecule has 0 fully saturated rings. The van der Waals surface area contributed by atoms with E-state index in [-0.39, 0.29) is 18.3 Å². The van der Waals surface area contributed by atoms with Crippen LogP contribution in [0.15, 0.2) is 28.8 Å². The summed E-state index contributed by atoms with van der Waals surface area (Å²) in [6.07, 6.45) is 0.986. The van der Waals surface area contributed by atoms with Gasteiger partial charge < -0.3 is 19.9 Å². The van der Waals surface area contributed by atoms with Crippen molar-refractivity contribution in [3.8, 4) is 5.75 Å². The molecule has 0 radical (unpaired) electrons. The Hall–Kier alpha value is -2.96. The van der Waals surface area contributed by atoms with Gasteiger partial charge in [-0.15, -0.1) is 0 Å². The first-order valence-corrected chi connectivity index (χ1v) is 11.1. The molecule has 0 saturated carbocycles. The predicted molar refractivity (Wildman–Crippen MR) is 124 cm³/mol. The second-order valence-corrected chi connectivity index (χ2v) is 8.19. The van der Waals surface area contributed by atoms with Crippen molar-refractivity contribution < 1.29 is 18.8 Å². The van der Waals surface area contributed by atoms with Gasteiger partial charge in [0.15, 0.2) is 5.82 Å². The van der Waals surface area contributed by atoms with Crippen LogP contribution in [-0.2, 0) is 17.8 Å². The lowest BCUT2D eigenvalue weighted by Crippen LogP contribution is -2.34. The number of carbonyl (C=O) groups excluding carboxylic acids is 2. The van der Waals surface area contributed by atoms with Gasteiger partial charge in [-0.25, -0.2) is 0 Å². The highest BCUT2D eigenvalue weighted by Gasteiger charge is 2.17. The van der Waals surface area contributed by atoms with Crippen molar-refractivity contribution >= 4 is 34.4 Å². The first-order chi connectivity index (χ1) is 15.4. The highest BCUT2D eigenvalue weighted by atomic mass is 127. The van der Waals surface area contributed by atoms with Gasteiger partial charge in [0, 0.05) is 25.2 Å². The van der Waals surface area contributed by atoms with Crippen LogP contribution in [-0.4, -0.2) is 51.9 Å². The summed E-state index contributed by atoms with van der Waals surface area (Å²) in [6, 6.07) is 7.59. The van der Waals surface area contributed by atoms with E-state index in [1.807, 2.05) is 38.1 Å². The van der Waals surface area contributed by atoms with Gasteiger partial charge in [0.1, 0.15) is 12.3 Å². The van der Waals surface area contributed by atoms with Gasteiger partial charge in [0.05, 0.1) is 16.4 Å². The molecule has 0 unspecified atom stereocenters. The number of aryl methyl sites for hydroxylation is 2. The third-order valence-electron chi connectivity index (χ3n) is 4.78. The van der Waals surface area contributed by atoms with Gasteiger partial charge in [-0.05, 0) is 60.6 Å². The lowest BCUT2D eigenvalue weighted by Gasteiger charge is -2.06. The summed E-state index contributed by atoms with van der Waals surface area (Å²) in [4.78, 5) is 28.3. The number of carbonyl (C=O) groups is 2. The first-order valence-electron chi connectivity index (χ1n) is 10.1. The maximum Gasteiger partial charge on any atom is 0.316 e. The Bertz CT molecular complexity index is 1080. The van der Waals surface area contributed by atoms with Gasteiger partial charge >= 0.3 is 11.8 Å². The maximum absolute atomic E-state index is 12.2. The van der Waals surface area contributed by atoms with E-state index in [9.17, 15) is 9.59 Å². The van der Waals surface area contributed by atoms with E-state index < -0.39 is 5.91 Å². The number of halogens is 1. The lowest BCUT2D eigenvalue weighted by atomic mass is 10.1. The Kier molecular flexibility index (Phi) is 8.20. The number of aromatic nitrogens is 4. The van der Waals surface area contributed by atoms with E-state index in [4.69, 9.17) is 9.26 Å². The van der Waals surface area contributed by atoms with Crippen molar-refractivity contribution in [2.75, 3.05) is 20.2 Å². The molecule has 2 amide bonds. The summed E-state index contributed by atoms with van der Waals surface area (Å²) < 4.78 is 13.0. The lowest BCUT2D eigenvalue weighted by molar-refractivity contribution is -0.121. The molecule has 2 heterocycles. The predicted octanol–water partition coefficient (Wildman–Crippen LogP) is 2.02. The van der Waals surface area contributed by atoms with Crippen molar-refractivity contribution in [2.45, 2.75) is 33.2 Å². The van der Waals surface area contributed by atoms with Crippen LogP contribution >= 0.6 is 22.6 Å². The Labute approximate surface area is 199 Å². The van der Waals surface area contributed by atoms with E-state index in [2.05, 4.69) is 48.5 Å². The quantitative estimate of drug-likeness (QED) is 0.292. The van der Waals surface area contributed by atoms with Crippen molar-refractivity contribution in [3.63, 3.8) is 0 Å². The van der Waals surface area contributed by atoms with Crippen LogP contribution in [0.25, 0.3) is 0 Å². The Morgan fingerprint density at radius 1 is 1.16 bits per heavy atom. The topological polar surface area (TPSA) is 124 Å².